The first-order chi connectivity index (χ1) is 11.7. The molecule has 130 valence electrons. The fraction of sp³-hybridized carbons (Fsp3) is 0.526. The van der Waals surface area contributed by atoms with Gasteiger partial charge >= 0.3 is 0 Å². The van der Waals surface area contributed by atoms with Gasteiger partial charge in [0, 0.05) is 30.5 Å². The lowest BCUT2D eigenvalue weighted by atomic mass is 9.91. The Kier molecular flexibility index (Phi) is 5.53. The summed E-state index contributed by atoms with van der Waals surface area (Å²) in [5.74, 6) is 0.884. The number of rotatable bonds is 6. The third-order valence-electron chi connectivity index (χ3n) is 4.93. The van der Waals surface area contributed by atoms with Crippen molar-refractivity contribution in [3.63, 3.8) is 0 Å². The van der Waals surface area contributed by atoms with Crippen molar-refractivity contribution in [1.82, 2.24) is 14.7 Å². The second-order valence-corrected chi connectivity index (χ2v) is 6.68. The Labute approximate surface area is 143 Å². The van der Waals surface area contributed by atoms with Gasteiger partial charge in [-0.1, -0.05) is 18.9 Å². The molecule has 2 atom stereocenters. The molecule has 1 heterocycles. The number of hydrogen-bond acceptors (Lipinski definition) is 4. The van der Waals surface area contributed by atoms with E-state index in [1.165, 1.54) is 12.0 Å². The molecule has 5 nitrogen and oxygen atoms in total. The highest BCUT2D eigenvalue weighted by molar-refractivity contribution is 5.37. The number of aliphatic hydroxyl groups excluding tert-OH is 1. The quantitative estimate of drug-likeness (QED) is 0.885. The molecule has 0 amide bonds. The van der Waals surface area contributed by atoms with Crippen LogP contribution >= 0.6 is 0 Å². The molecule has 0 radical (unpaired) electrons. The summed E-state index contributed by atoms with van der Waals surface area (Å²) >= 11 is 0. The fourth-order valence-corrected chi connectivity index (χ4v) is 3.63. The summed E-state index contributed by atoms with van der Waals surface area (Å²) < 4.78 is 7.39. The number of ether oxygens (including phenoxy) is 1. The monoisotopic (exact) mass is 329 g/mol. The summed E-state index contributed by atoms with van der Waals surface area (Å²) in [7, 11) is 3.81. The highest BCUT2D eigenvalue weighted by Crippen LogP contribution is 2.25. The molecule has 1 aliphatic rings. The molecular formula is C19H27N3O2. The Hall–Kier alpha value is -1.85. The third-order valence-corrected chi connectivity index (χ3v) is 4.93. The molecule has 1 aromatic carbocycles. The zero-order chi connectivity index (χ0) is 16.9. The molecule has 0 spiro atoms. The molecule has 24 heavy (non-hydrogen) atoms. The van der Waals surface area contributed by atoms with Gasteiger partial charge in [0.1, 0.15) is 5.75 Å². The summed E-state index contributed by atoms with van der Waals surface area (Å²) in [5, 5.41) is 14.5. The van der Waals surface area contributed by atoms with Crippen LogP contribution in [-0.2, 0) is 13.1 Å². The van der Waals surface area contributed by atoms with Gasteiger partial charge in [-0.3, -0.25) is 9.58 Å². The number of hydrogen-bond donors (Lipinski definition) is 1. The molecule has 1 fully saturated rings. The third kappa shape index (κ3) is 3.97. The second-order valence-electron chi connectivity index (χ2n) is 6.68. The van der Waals surface area contributed by atoms with Gasteiger partial charge in [-0.2, -0.15) is 5.10 Å². The fourth-order valence-electron chi connectivity index (χ4n) is 3.63. The van der Waals surface area contributed by atoms with Crippen molar-refractivity contribution in [2.45, 2.75) is 50.9 Å². The van der Waals surface area contributed by atoms with Gasteiger partial charge in [0.05, 0.1) is 19.8 Å². The lowest BCUT2D eigenvalue weighted by Gasteiger charge is -2.35. The molecule has 1 N–H and O–H groups in total. The first kappa shape index (κ1) is 17.0. The van der Waals surface area contributed by atoms with Crippen LogP contribution in [0.4, 0.5) is 0 Å². The summed E-state index contributed by atoms with van der Waals surface area (Å²) in [6.45, 7) is 1.53. The maximum atomic E-state index is 10.3. The van der Waals surface area contributed by atoms with Gasteiger partial charge in [0.15, 0.2) is 0 Å². The van der Waals surface area contributed by atoms with Gasteiger partial charge in [-0.15, -0.1) is 0 Å². The van der Waals surface area contributed by atoms with Crippen molar-refractivity contribution >= 4 is 0 Å². The smallest absolute Gasteiger partial charge is 0.123 e. The van der Waals surface area contributed by atoms with Crippen molar-refractivity contribution in [3.8, 4) is 5.75 Å². The Morgan fingerprint density at radius 2 is 2.17 bits per heavy atom. The predicted octanol–water partition coefficient (Wildman–Crippen LogP) is 2.68. The zero-order valence-electron chi connectivity index (χ0n) is 14.6. The molecule has 3 rings (SSSR count). The molecule has 0 aliphatic heterocycles. The predicted molar refractivity (Wildman–Crippen MR) is 94.1 cm³/mol. The molecule has 0 saturated heterocycles. The summed E-state index contributed by atoms with van der Waals surface area (Å²) in [6, 6.07) is 8.51. The minimum atomic E-state index is -0.203. The topological polar surface area (TPSA) is 50.5 Å². The Morgan fingerprint density at radius 1 is 1.33 bits per heavy atom. The van der Waals surface area contributed by atoms with Crippen molar-refractivity contribution in [3.05, 3.63) is 47.8 Å². The van der Waals surface area contributed by atoms with Crippen LogP contribution in [0.1, 0.15) is 36.8 Å². The van der Waals surface area contributed by atoms with E-state index in [0.29, 0.717) is 6.54 Å². The Balaban J connectivity index is 1.73. The number of aromatic nitrogens is 2. The Morgan fingerprint density at radius 3 is 2.88 bits per heavy atom. The molecule has 0 unspecified atom stereocenters. The van der Waals surface area contributed by atoms with Crippen molar-refractivity contribution in [2.75, 3.05) is 14.2 Å². The van der Waals surface area contributed by atoms with E-state index in [1.54, 1.807) is 13.3 Å². The normalized spacial score (nSPS) is 21.2. The second kappa shape index (κ2) is 7.81. The lowest BCUT2D eigenvalue weighted by molar-refractivity contribution is 0.0288. The summed E-state index contributed by atoms with van der Waals surface area (Å²) in [6.07, 6.45) is 7.88. The largest absolute Gasteiger partial charge is 0.496 e. The average molecular weight is 329 g/mol. The zero-order valence-corrected chi connectivity index (χ0v) is 14.6. The molecule has 0 bridgehead atoms. The van der Waals surface area contributed by atoms with Crippen LogP contribution < -0.4 is 4.74 Å². The van der Waals surface area contributed by atoms with Crippen LogP contribution in [0.2, 0.25) is 0 Å². The van der Waals surface area contributed by atoms with Crippen LogP contribution in [0.3, 0.4) is 0 Å². The molecule has 1 aliphatic carbocycles. The van der Waals surface area contributed by atoms with Crippen molar-refractivity contribution in [1.29, 1.82) is 0 Å². The van der Waals surface area contributed by atoms with Crippen LogP contribution in [-0.4, -0.2) is 46.1 Å². The molecular weight excluding hydrogens is 302 g/mol. The van der Waals surface area contributed by atoms with E-state index in [1.807, 2.05) is 23.0 Å². The Bertz CT molecular complexity index is 642. The first-order valence-corrected chi connectivity index (χ1v) is 8.69. The van der Waals surface area contributed by atoms with E-state index in [9.17, 15) is 5.11 Å². The minimum Gasteiger partial charge on any atom is -0.496 e. The number of aliphatic hydroxyl groups is 1. The van der Waals surface area contributed by atoms with E-state index in [4.69, 9.17) is 4.74 Å². The molecule has 1 aromatic heterocycles. The maximum absolute atomic E-state index is 10.3. The van der Waals surface area contributed by atoms with Gasteiger partial charge in [0.2, 0.25) is 0 Å². The molecule has 2 aromatic rings. The highest BCUT2D eigenvalue weighted by Gasteiger charge is 2.26. The van der Waals surface area contributed by atoms with Crippen LogP contribution in [0.25, 0.3) is 0 Å². The van der Waals surface area contributed by atoms with Gasteiger partial charge in [-0.25, -0.2) is 0 Å². The van der Waals surface area contributed by atoms with Crippen molar-refractivity contribution in [2.24, 2.45) is 0 Å². The van der Waals surface area contributed by atoms with Gasteiger partial charge in [-0.05, 0) is 43.7 Å². The first-order valence-electron chi connectivity index (χ1n) is 8.69. The number of likely N-dealkylation sites (N-methyl/N-ethyl adjacent to an activating group) is 1. The molecule has 1 saturated carbocycles. The summed E-state index contributed by atoms with van der Waals surface area (Å²) in [5.41, 5.74) is 2.36. The van der Waals surface area contributed by atoms with Crippen molar-refractivity contribution < 1.29 is 9.84 Å². The van der Waals surface area contributed by atoms with E-state index in [0.717, 1.165) is 37.1 Å². The standard InChI is InChI=1S/C19H27N3O2/c1-21(17-6-3-4-7-18(17)23)13-15-8-9-19(24-2)16(12-15)14-22-11-5-10-20-22/h5,8-12,17-18,23H,3-4,6-7,13-14H2,1-2H3/t17-,18+/m1/s1. The van der Waals surface area contributed by atoms with E-state index >= 15 is 0 Å². The SMILES string of the molecule is COc1ccc(CN(C)[C@@H]2CCCC[C@@H]2O)cc1Cn1cccn1. The van der Waals surface area contributed by atoms with Crippen LogP contribution in [0.5, 0.6) is 5.75 Å². The van der Waals surface area contributed by atoms with Gasteiger partial charge in [0.25, 0.3) is 0 Å². The highest BCUT2D eigenvalue weighted by atomic mass is 16.5. The van der Waals surface area contributed by atoms with Gasteiger partial charge < -0.3 is 9.84 Å². The van der Waals surface area contributed by atoms with Crippen LogP contribution in [0, 0.1) is 0 Å². The van der Waals surface area contributed by atoms with Crippen LogP contribution in [0.15, 0.2) is 36.7 Å². The van der Waals surface area contributed by atoms with E-state index in [2.05, 4.69) is 29.2 Å². The minimum absolute atomic E-state index is 0.203. The maximum Gasteiger partial charge on any atom is 0.123 e. The number of methoxy groups -OCH3 is 1. The van der Waals surface area contributed by atoms with E-state index in [-0.39, 0.29) is 12.1 Å². The lowest BCUT2D eigenvalue weighted by Crippen LogP contribution is -2.42. The van der Waals surface area contributed by atoms with E-state index < -0.39 is 0 Å². The number of benzene rings is 1. The molecule has 5 heteroatoms. The summed E-state index contributed by atoms with van der Waals surface area (Å²) in [4.78, 5) is 2.28. The average Bonchev–Trinajstić information content (AvgIpc) is 3.08. The number of nitrogens with zero attached hydrogens (tertiary/aromatic N) is 3.